The molecule has 1 aromatic rings. The van der Waals surface area contributed by atoms with E-state index in [0.717, 1.165) is 24.6 Å². The molecule has 1 saturated heterocycles. The lowest BCUT2D eigenvalue weighted by atomic mass is 10.2. The van der Waals surface area contributed by atoms with Gasteiger partial charge < -0.3 is 10.6 Å². The molecule has 1 aromatic carbocycles. The molecule has 21 heavy (non-hydrogen) atoms. The summed E-state index contributed by atoms with van der Waals surface area (Å²) in [5.41, 5.74) is 1.04. The van der Waals surface area contributed by atoms with Gasteiger partial charge >= 0.3 is 0 Å². The van der Waals surface area contributed by atoms with E-state index in [-0.39, 0.29) is 5.82 Å². The molecule has 2 N–H and O–H groups in total. The third-order valence-corrected chi connectivity index (χ3v) is 4.01. The Balaban J connectivity index is 1.77. The zero-order valence-corrected chi connectivity index (χ0v) is 12.9. The lowest BCUT2D eigenvalue weighted by Crippen LogP contribution is -2.44. The third-order valence-electron chi connectivity index (χ3n) is 4.01. The molecule has 0 radical (unpaired) electrons. The summed E-state index contributed by atoms with van der Waals surface area (Å²) in [4.78, 5) is 6.73. The Morgan fingerprint density at radius 2 is 2.10 bits per heavy atom. The fourth-order valence-corrected chi connectivity index (χ4v) is 2.77. The van der Waals surface area contributed by atoms with Crippen molar-refractivity contribution < 1.29 is 4.39 Å². The lowest BCUT2D eigenvalue weighted by molar-refractivity contribution is 0.267. The van der Waals surface area contributed by atoms with Gasteiger partial charge in [-0.3, -0.25) is 9.89 Å². The summed E-state index contributed by atoms with van der Waals surface area (Å²) >= 11 is 0. The summed E-state index contributed by atoms with van der Waals surface area (Å²) < 4.78 is 12.9. The number of hydrogen-bond donors (Lipinski definition) is 2. The van der Waals surface area contributed by atoms with E-state index in [0.29, 0.717) is 12.6 Å². The molecule has 1 aliphatic heterocycles. The Hall–Kier alpha value is -1.62. The standard InChI is InChI=1S/C16H25FN4/c1-3-21-10-4-5-15(21)12-20-16(18-2)19-11-13-6-8-14(17)9-7-13/h6-9,15H,3-5,10-12H2,1-2H3,(H2,18,19,20). The van der Waals surface area contributed by atoms with Crippen molar-refractivity contribution >= 4 is 5.96 Å². The van der Waals surface area contributed by atoms with E-state index in [2.05, 4.69) is 27.4 Å². The Morgan fingerprint density at radius 3 is 2.76 bits per heavy atom. The van der Waals surface area contributed by atoms with Crippen LogP contribution in [0.4, 0.5) is 4.39 Å². The summed E-state index contributed by atoms with van der Waals surface area (Å²) in [7, 11) is 1.77. The first-order valence-corrected chi connectivity index (χ1v) is 7.66. The Kier molecular flexibility index (Phi) is 5.99. The number of halogens is 1. The van der Waals surface area contributed by atoms with Gasteiger partial charge in [0.25, 0.3) is 0 Å². The van der Waals surface area contributed by atoms with E-state index in [9.17, 15) is 4.39 Å². The Morgan fingerprint density at radius 1 is 1.33 bits per heavy atom. The predicted molar refractivity (Wildman–Crippen MR) is 84.9 cm³/mol. The van der Waals surface area contributed by atoms with Crippen molar-refractivity contribution in [3.8, 4) is 0 Å². The second-order valence-electron chi connectivity index (χ2n) is 5.36. The van der Waals surface area contributed by atoms with Crippen molar-refractivity contribution in [2.45, 2.75) is 32.4 Å². The normalized spacial score (nSPS) is 19.8. The molecule has 1 aliphatic rings. The van der Waals surface area contributed by atoms with Crippen LogP contribution in [0.3, 0.4) is 0 Å². The van der Waals surface area contributed by atoms with Gasteiger partial charge in [0.1, 0.15) is 5.82 Å². The Labute approximate surface area is 126 Å². The van der Waals surface area contributed by atoms with Gasteiger partial charge in [0, 0.05) is 26.2 Å². The van der Waals surface area contributed by atoms with Gasteiger partial charge in [-0.25, -0.2) is 4.39 Å². The fourth-order valence-electron chi connectivity index (χ4n) is 2.77. The minimum absolute atomic E-state index is 0.206. The van der Waals surface area contributed by atoms with Crippen LogP contribution in [-0.2, 0) is 6.54 Å². The van der Waals surface area contributed by atoms with Crippen molar-refractivity contribution in [2.24, 2.45) is 4.99 Å². The molecule has 4 nitrogen and oxygen atoms in total. The van der Waals surface area contributed by atoms with Gasteiger partial charge in [0.2, 0.25) is 0 Å². The van der Waals surface area contributed by atoms with Crippen LogP contribution in [0.1, 0.15) is 25.3 Å². The van der Waals surface area contributed by atoms with Crippen molar-refractivity contribution in [3.05, 3.63) is 35.6 Å². The number of nitrogens with zero attached hydrogens (tertiary/aromatic N) is 2. The first-order valence-electron chi connectivity index (χ1n) is 7.66. The zero-order valence-electron chi connectivity index (χ0n) is 12.9. The topological polar surface area (TPSA) is 39.7 Å². The molecule has 1 atom stereocenters. The maximum Gasteiger partial charge on any atom is 0.191 e. The highest BCUT2D eigenvalue weighted by atomic mass is 19.1. The predicted octanol–water partition coefficient (Wildman–Crippen LogP) is 1.97. The van der Waals surface area contributed by atoms with Crippen LogP contribution in [0.2, 0.25) is 0 Å². The molecule has 0 saturated carbocycles. The molecular weight excluding hydrogens is 267 g/mol. The molecule has 0 spiro atoms. The summed E-state index contributed by atoms with van der Waals surface area (Å²) in [6.07, 6.45) is 2.53. The van der Waals surface area contributed by atoms with Gasteiger partial charge in [-0.2, -0.15) is 0 Å². The van der Waals surface area contributed by atoms with Crippen molar-refractivity contribution in [1.82, 2.24) is 15.5 Å². The molecule has 0 amide bonds. The van der Waals surface area contributed by atoms with Crippen molar-refractivity contribution in [3.63, 3.8) is 0 Å². The number of rotatable bonds is 5. The number of benzene rings is 1. The highest BCUT2D eigenvalue weighted by Gasteiger charge is 2.22. The number of aliphatic imine (C=N–C) groups is 1. The van der Waals surface area contributed by atoms with Crippen molar-refractivity contribution in [1.29, 1.82) is 0 Å². The molecule has 0 aromatic heterocycles. The maximum absolute atomic E-state index is 12.9. The number of hydrogen-bond acceptors (Lipinski definition) is 2. The number of guanidine groups is 1. The van der Waals surface area contributed by atoms with Crippen LogP contribution in [0.25, 0.3) is 0 Å². The SMILES string of the molecule is CCN1CCCC1CNC(=NC)NCc1ccc(F)cc1. The van der Waals surface area contributed by atoms with Crippen molar-refractivity contribution in [2.75, 3.05) is 26.7 Å². The molecule has 0 bridgehead atoms. The van der Waals surface area contributed by atoms with Gasteiger partial charge in [0.05, 0.1) is 0 Å². The zero-order chi connectivity index (χ0) is 15.1. The molecule has 1 fully saturated rings. The average molecular weight is 292 g/mol. The van der Waals surface area contributed by atoms with Gasteiger partial charge in [-0.15, -0.1) is 0 Å². The van der Waals surface area contributed by atoms with Crippen LogP contribution < -0.4 is 10.6 Å². The van der Waals surface area contributed by atoms with E-state index in [1.165, 1.54) is 31.5 Å². The van der Waals surface area contributed by atoms with E-state index in [1.54, 1.807) is 19.2 Å². The minimum atomic E-state index is -0.206. The maximum atomic E-state index is 12.9. The summed E-state index contributed by atoms with van der Waals surface area (Å²) in [6.45, 7) is 6.07. The van der Waals surface area contributed by atoms with E-state index in [1.807, 2.05) is 0 Å². The Bertz CT molecular complexity index is 458. The molecule has 0 aliphatic carbocycles. The van der Waals surface area contributed by atoms with E-state index >= 15 is 0 Å². The summed E-state index contributed by atoms with van der Waals surface area (Å²) in [5.74, 6) is 0.587. The number of likely N-dealkylation sites (N-methyl/N-ethyl adjacent to an activating group) is 1. The summed E-state index contributed by atoms with van der Waals surface area (Å²) in [6, 6.07) is 7.12. The molecule has 5 heteroatoms. The van der Waals surface area contributed by atoms with Crippen LogP contribution in [0.5, 0.6) is 0 Å². The first-order chi connectivity index (χ1) is 10.2. The fraction of sp³-hybridized carbons (Fsp3) is 0.562. The average Bonchev–Trinajstić information content (AvgIpc) is 2.96. The third kappa shape index (κ3) is 4.70. The second-order valence-corrected chi connectivity index (χ2v) is 5.36. The molecule has 116 valence electrons. The monoisotopic (exact) mass is 292 g/mol. The van der Waals surface area contributed by atoms with Gasteiger partial charge in [-0.1, -0.05) is 19.1 Å². The molecule has 1 unspecified atom stereocenters. The first kappa shape index (κ1) is 15.8. The lowest BCUT2D eigenvalue weighted by Gasteiger charge is -2.24. The summed E-state index contributed by atoms with van der Waals surface area (Å²) in [5, 5.41) is 6.64. The van der Waals surface area contributed by atoms with Crippen LogP contribution >= 0.6 is 0 Å². The van der Waals surface area contributed by atoms with Crippen LogP contribution in [0, 0.1) is 5.82 Å². The number of nitrogens with one attached hydrogen (secondary N) is 2. The molecular formula is C16H25FN4. The smallest absolute Gasteiger partial charge is 0.191 e. The van der Waals surface area contributed by atoms with Crippen LogP contribution in [-0.4, -0.2) is 43.6 Å². The minimum Gasteiger partial charge on any atom is -0.355 e. The highest BCUT2D eigenvalue weighted by Crippen LogP contribution is 2.15. The van der Waals surface area contributed by atoms with E-state index in [4.69, 9.17) is 0 Å². The van der Waals surface area contributed by atoms with Gasteiger partial charge in [-0.05, 0) is 43.6 Å². The second kappa shape index (κ2) is 7.98. The van der Waals surface area contributed by atoms with Crippen LogP contribution in [0.15, 0.2) is 29.3 Å². The molecule has 1 heterocycles. The van der Waals surface area contributed by atoms with Gasteiger partial charge in [0.15, 0.2) is 5.96 Å². The quantitative estimate of drug-likeness (QED) is 0.644. The van der Waals surface area contributed by atoms with E-state index < -0.39 is 0 Å². The highest BCUT2D eigenvalue weighted by molar-refractivity contribution is 5.79. The largest absolute Gasteiger partial charge is 0.355 e. The molecule has 2 rings (SSSR count). The number of likely N-dealkylation sites (tertiary alicyclic amines) is 1.